The Balaban J connectivity index is 2.07. The van der Waals surface area contributed by atoms with Crippen LogP contribution in [-0.4, -0.2) is 48.9 Å². The van der Waals surface area contributed by atoms with Crippen molar-refractivity contribution < 1.29 is 4.79 Å². The number of amides is 1. The number of nitrogens with zero attached hydrogens (tertiary/aromatic N) is 2. The van der Waals surface area contributed by atoms with Crippen molar-refractivity contribution in [3.63, 3.8) is 0 Å². The standard InChI is InChI=1S/C17H27N3O/c1-13(18)14-9-11-20(12-10-14)17(21)16(19(2)3)15-7-5-4-6-8-15/h4-8,13-14,16H,9-12,18H2,1-3H3. The Labute approximate surface area is 127 Å². The summed E-state index contributed by atoms with van der Waals surface area (Å²) in [4.78, 5) is 16.9. The molecule has 1 aliphatic rings. The molecule has 1 aromatic rings. The van der Waals surface area contributed by atoms with Crippen molar-refractivity contribution in [2.45, 2.75) is 31.8 Å². The lowest BCUT2D eigenvalue weighted by molar-refractivity contribution is -0.137. The van der Waals surface area contributed by atoms with E-state index in [9.17, 15) is 4.79 Å². The largest absolute Gasteiger partial charge is 0.341 e. The van der Waals surface area contributed by atoms with Gasteiger partial charge in [0.25, 0.3) is 0 Å². The molecule has 0 bridgehead atoms. The summed E-state index contributed by atoms with van der Waals surface area (Å²) in [5.74, 6) is 0.748. The summed E-state index contributed by atoms with van der Waals surface area (Å²) >= 11 is 0. The highest BCUT2D eigenvalue weighted by molar-refractivity contribution is 5.83. The van der Waals surface area contributed by atoms with Crippen molar-refractivity contribution in [1.29, 1.82) is 0 Å². The molecule has 0 radical (unpaired) electrons. The first kappa shape index (κ1) is 16.0. The molecule has 0 aliphatic carbocycles. The molecule has 1 saturated heterocycles. The number of carbonyl (C=O) groups is 1. The minimum atomic E-state index is -0.196. The van der Waals surface area contributed by atoms with E-state index in [1.807, 2.05) is 54.2 Å². The number of hydrogen-bond donors (Lipinski definition) is 1. The number of likely N-dealkylation sites (tertiary alicyclic amines) is 1. The SMILES string of the molecule is CC(N)C1CCN(C(=O)C(c2ccccc2)N(C)C)CC1. The van der Waals surface area contributed by atoms with E-state index in [0.717, 1.165) is 31.5 Å². The summed E-state index contributed by atoms with van der Waals surface area (Å²) < 4.78 is 0. The van der Waals surface area contributed by atoms with Gasteiger partial charge in [-0.1, -0.05) is 30.3 Å². The maximum Gasteiger partial charge on any atom is 0.244 e. The van der Waals surface area contributed by atoms with E-state index in [2.05, 4.69) is 6.92 Å². The van der Waals surface area contributed by atoms with Crippen LogP contribution in [0.5, 0.6) is 0 Å². The predicted molar refractivity (Wildman–Crippen MR) is 85.8 cm³/mol. The van der Waals surface area contributed by atoms with Gasteiger partial charge < -0.3 is 10.6 Å². The molecule has 21 heavy (non-hydrogen) atoms. The van der Waals surface area contributed by atoms with Gasteiger partial charge in [0.05, 0.1) is 0 Å². The van der Waals surface area contributed by atoms with Gasteiger partial charge in [0.1, 0.15) is 6.04 Å². The molecule has 0 saturated carbocycles. The summed E-state index contributed by atoms with van der Waals surface area (Å²) in [7, 11) is 3.93. The lowest BCUT2D eigenvalue weighted by Crippen LogP contribution is -2.46. The van der Waals surface area contributed by atoms with Crippen molar-refractivity contribution in [1.82, 2.24) is 9.80 Å². The molecule has 2 atom stereocenters. The molecule has 4 nitrogen and oxygen atoms in total. The molecular weight excluding hydrogens is 262 g/mol. The smallest absolute Gasteiger partial charge is 0.244 e. The fourth-order valence-electron chi connectivity index (χ4n) is 3.12. The second-order valence-electron chi connectivity index (χ2n) is 6.30. The van der Waals surface area contributed by atoms with Gasteiger partial charge >= 0.3 is 0 Å². The molecule has 1 aliphatic heterocycles. The molecule has 1 heterocycles. The Hall–Kier alpha value is -1.39. The van der Waals surface area contributed by atoms with E-state index >= 15 is 0 Å². The average Bonchev–Trinajstić information content (AvgIpc) is 2.48. The molecule has 1 amide bonds. The van der Waals surface area contributed by atoms with Gasteiger partial charge in [-0.2, -0.15) is 0 Å². The molecule has 2 rings (SSSR count). The number of hydrogen-bond acceptors (Lipinski definition) is 3. The van der Waals surface area contributed by atoms with Gasteiger partial charge in [-0.15, -0.1) is 0 Å². The van der Waals surface area contributed by atoms with Crippen LogP contribution in [0.4, 0.5) is 0 Å². The first-order valence-electron chi connectivity index (χ1n) is 7.76. The molecule has 2 N–H and O–H groups in total. The zero-order valence-electron chi connectivity index (χ0n) is 13.3. The topological polar surface area (TPSA) is 49.6 Å². The van der Waals surface area contributed by atoms with Gasteiger partial charge in [-0.25, -0.2) is 0 Å². The van der Waals surface area contributed by atoms with Crippen LogP contribution in [0, 0.1) is 5.92 Å². The van der Waals surface area contributed by atoms with Crippen LogP contribution >= 0.6 is 0 Å². The van der Waals surface area contributed by atoms with Gasteiger partial charge in [0.15, 0.2) is 0 Å². The normalized spacial score (nSPS) is 19.6. The van der Waals surface area contributed by atoms with Gasteiger partial charge in [0, 0.05) is 19.1 Å². The Bertz CT molecular complexity index is 450. The van der Waals surface area contributed by atoms with E-state index in [4.69, 9.17) is 5.73 Å². The monoisotopic (exact) mass is 289 g/mol. The van der Waals surface area contributed by atoms with Crippen LogP contribution in [0.15, 0.2) is 30.3 Å². The van der Waals surface area contributed by atoms with Gasteiger partial charge in [-0.3, -0.25) is 9.69 Å². The average molecular weight is 289 g/mol. The third-order valence-electron chi connectivity index (χ3n) is 4.46. The summed E-state index contributed by atoms with van der Waals surface area (Å²) in [5, 5.41) is 0. The molecule has 4 heteroatoms. The van der Waals surface area contributed by atoms with E-state index in [-0.39, 0.29) is 18.0 Å². The number of rotatable bonds is 4. The fourth-order valence-corrected chi connectivity index (χ4v) is 3.12. The van der Waals surface area contributed by atoms with Crippen LogP contribution in [0.3, 0.4) is 0 Å². The lowest BCUT2D eigenvalue weighted by atomic mass is 9.90. The van der Waals surface area contributed by atoms with Crippen LogP contribution in [0.2, 0.25) is 0 Å². The molecule has 116 valence electrons. The van der Waals surface area contributed by atoms with E-state index < -0.39 is 0 Å². The van der Waals surface area contributed by atoms with Crippen molar-refractivity contribution >= 4 is 5.91 Å². The van der Waals surface area contributed by atoms with Crippen molar-refractivity contribution in [3.05, 3.63) is 35.9 Å². The van der Waals surface area contributed by atoms with E-state index in [1.54, 1.807) is 0 Å². The minimum Gasteiger partial charge on any atom is -0.341 e. The van der Waals surface area contributed by atoms with Crippen LogP contribution in [-0.2, 0) is 4.79 Å². The third-order valence-corrected chi connectivity index (χ3v) is 4.46. The number of likely N-dealkylation sites (N-methyl/N-ethyl adjacent to an activating group) is 1. The first-order chi connectivity index (χ1) is 10.0. The summed E-state index contributed by atoms with van der Waals surface area (Å²) in [6.45, 7) is 3.71. The van der Waals surface area contributed by atoms with Gasteiger partial charge in [-0.05, 0) is 45.3 Å². The Morgan fingerprint density at radius 1 is 1.24 bits per heavy atom. The molecule has 1 fully saturated rings. The summed E-state index contributed by atoms with van der Waals surface area (Å²) in [6.07, 6.45) is 2.02. The highest BCUT2D eigenvalue weighted by Gasteiger charge is 2.31. The zero-order chi connectivity index (χ0) is 15.4. The fraction of sp³-hybridized carbons (Fsp3) is 0.588. The summed E-state index contributed by atoms with van der Waals surface area (Å²) in [6, 6.07) is 10.0. The van der Waals surface area contributed by atoms with Gasteiger partial charge in [0.2, 0.25) is 5.91 Å². The highest BCUT2D eigenvalue weighted by atomic mass is 16.2. The molecule has 1 aromatic carbocycles. The molecule has 0 aromatic heterocycles. The third kappa shape index (κ3) is 3.83. The predicted octanol–water partition coefficient (Wildman–Crippen LogP) is 1.88. The first-order valence-corrected chi connectivity index (χ1v) is 7.76. The van der Waals surface area contributed by atoms with Crippen LogP contribution in [0.1, 0.15) is 31.4 Å². The number of nitrogens with two attached hydrogens (primary N) is 1. The van der Waals surface area contributed by atoms with Crippen molar-refractivity contribution in [2.75, 3.05) is 27.2 Å². The Morgan fingerprint density at radius 3 is 2.29 bits per heavy atom. The number of piperidine rings is 1. The van der Waals surface area contributed by atoms with E-state index in [0.29, 0.717) is 5.92 Å². The highest BCUT2D eigenvalue weighted by Crippen LogP contribution is 2.25. The second-order valence-corrected chi connectivity index (χ2v) is 6.30. The number of carbonyl (C=O) groups excluding carboxylic acids is 1. The van der Waals surface area contributed by atoms with Crippen LogP contribution in [0.25, 0.3) is 0 Å². The minimum absolute atomic E-state index is 0.196. The molecule has 2 unspecified atom stereocenters. The molecular formula is C17H27N3O. The second kappa shape index (κ2) is 7.05. The Morgan fingerprint density at radius 2 is 1.81 bits per heavy atom. The van der Waals surface area contributed by atoms with Crippen LogP contribution < -0.4 is 5.73 Å². The lowest BCUT2D eigenvalue weighted by Gasteiger charge is -2.37. The molecule has 0 spiro atoms. The number of benzene rings is 1. The summed E-state index contributed by atoms with van der Waals surface area (Å²) in [5.41, 5.74) is 7.03. The zero-order valence-corrected chi connectivity index (χ0v) is 13.3. The maximum atomic E-state index is 12.9. The Kier molecular flexibility index (Phi) is 5.37. The van der Waals surface area contributed by atoms with Crippen molar-refractivity contribution in [3.8, 4) is 0 Å². The van der Waals surface area contributed by atoms with Crippen molar-refractivity contribution in [2.24, 2.45) is 11.7 Å². The quantitative estimate of drug-likeness (QED) is 0.920. The maximum absolute atomic E-state index is 12.9. The van der Waals surface area contributed by atoms with E-state index in [1.165, 1.54) is 0 Å².